The summed E-state index contributed by atoms with van der Waals surface area (Å²) in [7, 11) is 0. The van der Waals surface area contributed by atoms with Gasteiger partial charge in [0.2, 0.25) is 5.91 Å². The van der Waals surface area contributed by atoms with Crippen LogP contribution in [-0.4, -0.2) is 71.2 Å². The Labute approximate surface area is 220 Å². The molecule has 0 bridgehead atoms. The number of benzene rings is 2. The Morgan fingerprint density at radius 3 is 2.87 bits per heavy atom. The topological polar surface area (TPSA) is 105 Å². The van der Waals surface area contributed by atoms with Crippen molar-refractivity contribution < 1.29 is 23.4 Å². The van der Waals surface area contributed by atoms with Crippen LogP contribution in [0.5, 0.6) is 0 Å². The number of nitrogens with one attached hydrogen (secondary N) is 2. The summed E-state index contributed by atoms with van der Waals surface area (Å²) in [6, 6.07) is 9.71. The summed E-state index contributed by atoms with van der Waals surface area (Å²) in [5.74, 6) is -1.44. The maximum atomic E-state index is 14.4. The molecule has 2 unspecified atom stereocenters. The van der Waals surface area contributed by atoms with Crippen LogP contribution in [0.25, 0.3) is 0 Å². The van der Waals surface area contributed by atoms with Crippen LogP contribution in [0.15, 0.2) is 49.1 Å². The van der Waals surface area contributed by atoms with E-state index in [4.69, 9.17) is 4.74 Å². The summed E-state index contributed by atoms with van der Waals surface area (Å²) >= 11 is 0. The van der Waals surface area contributed by atoms with Crippen LogP contribution in [-0.2, 0) is 22.5 Å². The van der Waals surface area contributed by atoms with Gasteiger partial charge in [-0.3, -0.25) is 9.48 Å². The fourth-order valence-corrected chi connectivity index (χ4v) is 4.50. The Balaban J connectivity index is 1.13. The zero-order chi connectivity index (χ0) is 26.9. The average Bonchev–Trinajstić information content (AvgIpc) is 3.55. The Hall–Kier alpha value is -3.41. The van der Waals surface area contributed by atoms with Gasteiger partial charge in [-0.2, -0.15) is 5.10 Å². The lowest BCUT2D eigenvalue weighted by Gasteiger charge is -2.21. The Morgan fingerprint density at radius 2 is 2.08 bits per heavy atom. The lowest BCUT2D eigenvalue weighted by atomic mass is 10.1. The highest BCUT2D eigenvalue weighted by atomic mass is 19.1. The van der Waals surface area contributed by atoms with Crippen LogP contribution in [0.3, 0.4) is 0 Å². The third-order valence-corrected chi connectivity index (χ3v) is 6.46. The van der Waals surface area contributed by atoms with Crippen molar-refractivity contribution in [3.05, 3.63) is 77.4 Å². The van der Waals surface area contributed by atoms with Crippen molar-refractivity contribution in [1.29, 1.82) is 0 Å². The quantitative estimate of drug-likeness (QED) is 0.276. The van der Waals surface area contributed by atoms with Gasteiger partial charge in [-0.15, -0.1) is 0 Å². The number of aromatic nitrogens is 3. The molecule has 2 heterocycles. The fourth-order valence-electron chi connectivity index (χ4n) is 4.50. The van der Waals surface area contributed by atoms with Gasteiger partial charge >= 0.3 is 0 Å². The van der Waals surface area contributed by atoms with Crippen molar-refractivity contribution in [1.82, 2.24) is 25.4 Å². The van der Waals surface area contributed by atoms with E-state index in [1.165, 1.54) is 40.2 Å². The molecule has 0 saturated heterocycles. The van der Waals surface area contributed by atoms with Gasteiger partial charge in [0.25, 0.3) is 0 Å². The first kappa shape index (κ1) is 27.6. The number of carbonyl (C=O) groups excluding carboxylic acids is 1. The second-order valence-electron chi connectivity index (χ2n) is 9.43. The first-order valence-electron chi connectivity index (χ1n) is 12.8. The number of hydrogen-bond acceptors (Lipinski definition) is 7. The molecular weight excluding hydrogens is 494 g/mol. The molecular formula is C27H34F2N6O3. The molecule has 0 radical (unpaired) electrons. The first-order valence-corrected chi connectivity index (χ1v) is 12.8. The largest absolute Gasteiger partial charge is 0.389 e. The van der Waals surface area contributed by atoms with Crippen LogP contribution >= 0.6 is 0 Å². The SMILES string of the molecule is Cc1ccc2c(c1)CCN2CCC(=O)NCCNCC(O)COC(Cn1cncn1)c1ccc(F)cc1F. The van der Waals surface area contributed by atoms with Gasteiger partial charge in [0.1, 0.15) is 30.4 Å². The molecule has 38 heavy (non-hydrogen) atoms. The Bertz CT molecular complexity index is 1190. The summed E-state index contributed by atoms with van der Waals surface area (Å²) in [6.07, 6.45) is 2.58. The average molecular weight is 529 g/mol. The molecule has 9 nitrogen and oxygen atoms in total. The number of aliphatic hydroxyl groups is 1. The molecule has 2 aromatic carbocycles. The van der Waals surface area contributed by atoms with Gasteiger partial charge in [-0.05, 0) is 31.0 Å². The second-order valence-corrected chi connectivity index (χ2v) is 9.43. The molecule has 3 N–H and O–H groups in total. The van der Waals surface area contributed by atoms with E-state index in [1.54, 1.807) is 0 Å². The molecule has 1 aromatic heterocycles. The molecule has 0 aliphatic carbocycles. The zero-order valence-electron chi connectivity index (χ0n) is 21.4. The van der Waals surface area contributed by atoms with Crippen LogP contribution in [0.4, 0.5) is 14.5 Å². The molecule has 11 heteroatoms. The number of aryl methyl sites for hydroxylation is 1. The molecule has 4 rings (SSSR count). The van der Waals surface area contributed by atoms with E-state index in [9.17, 15) is 18.7 Å². The van der Waals surface area contributed by atoms with Gasteiger partial charge in [0, 0.05) is 56.5 Å². The third-order valence-electron chi connectivity index (χ3n) is 6.46. The van der Waals surface area contributed by atoms with E-state index < -0.39 is 23.8 Å². The predicted octanol–water partition coefficient (Wildman–Crippen LogP) is 2.14. The highest BCUT2D eigenvalue weighted by molar-refractivity contribution is 5.76. The maximum Gasteiger partial charge on any atom is 0.221 e. The number of halogens is 2. The molecule has 0 spiro atoms. The number of rotatable bonds is 14. The van der Waals surface area contributed by atoms with Crippen molar-refractivity contribution in [2.75, 3.05) is 44.2 Å². The summed E-state index contributed by atoms with van der Waals surface area (Å²) in [6.45, 7) is 4.90. The Morgan fingerprint density at radius 1 is 1.21 bits per heavy atom. The van der Waals surface area contributed by atoms with E-state index in [-0.39, 0.29) is 31.2 Å². The maximum absolute atomic E-state index is 14.4. The van der Waals surface area contributed by atoms with Crippen molar-refractivity contribution in [3.63, 3.8) is 0 Å². The molecule has 1 aliphatic rings. The van der Waals surface area contributed by atoms with Crippen molar-refractivity contribution in [2.45, 2.75) is 38.5 Å². The molecule has 3 aromatic rings. The smallest absolute Gasteiger partial charge is 0.221 e. The number of fused-ring (bicyclic) bond motifs is 1. The highest BCUT2D eigenvalue weighted by Gasteiger charge is 2.21. The Kier molecular flexibility index (Phi) is 9.74. The van der Waals surface area contributed by atoms with Crippen LogP contribution in [0.1, 0.15) is 29.2 Å². The lowest BCUT2D eigenvalue weighted by molar-refractivity contribution is -0.120. The van der Waals surface area contributed by atoms with Gasteiger partial charge in [-0.25, -0.2) is 13.8 Å². The van der Waals surface area contributed by atoms with Crippen molar-refractivity contribution in [3.8, 4) is 0 Å². The monoisotopic (exact) mass is 528 g/mol. The standard InChI is InChI=1S/C27H34F2N6O3/c1-19-2-5-25-20(12-19)6-10-34(25)11-7-27(37)32-9-8-30-14-22(36)16-38-26(15-35-18-31-17-33-35)23-4-3-21(28)13-24(23)29/h2-5,12-13,17-18,22,26,30,36H,6-11,14-16H2,1H3,(H,32,37). The normalized spacial score (nSPS) is 14.4. The minimum Gasteiger partial charge on any atom is -0.389 e. The summed E-state index contributed by atoms with van der Waals surface area (Å²) < 4.78 is 35.0. The van der Waals surface area contributed by atoms with Crippen LogP contribution in [0.2, 0.25) is 0 Å². The number of ether oxygens (including phenoxy) is 1. The number of hydrogen-bond donors (Lipinski definition) is 3. The summed E-state index contributed by atoms with van der Waals surface area (Å²) in [5.41, 5.74) is 3.97. The number of carbonyl (C=O) groups is 1. The minimum absolute atomic E-state index is 0.0199. The molecule has 1 aliphatic heterocycles. The minimum atomic E-state index is -0.869. The molecule has 0 fully saturated rings. The van der Waals surface area contributed by atoms with E-state index in [2.05, 4.69) is 50.7 Å². The van der Waals surface area contributed by atoms with Crippen molar-refractivity contribution in [2.24, 2.45) is 0 Å². The highest BCUT2D eigenvalue weighted by Crippen LogP contribution is 2.28. The van der Waals surface area contributed by atoms with Gasteiger partial charge in [0.15, 0.2) is 0 Å². The zero-order valence-corrected chi connectivity index (χ0v) is 21.4. The molecule has 2 atom stereocenters. The van der Waals surface area contributed by atoms with Gasteiger partial charge in [-0.1, -0.05) is 23.8 Å². The number of anilines is 1. The van der Waals surface area contributed by atoms with E-state index in [0.717, 1.165) is 25.1 Å². The van der Waals surface area contributed by atoms with Gasteiger partial charge in [0.05, 0.1) is 19.3 Å². The third kappa shape index (κ3) is 7.80. The number of amides is 1. The van der Waals surface area contributed by atoms with Crippen LogP contribution < -0.4 is 15.5 Å². The second kappa shape index (κ2) is 13.4. The molecule has 204 valence electrons. The number of nitrogens with zero attached hydrogens (tertiary/aromatic N) is 4. The van der Waals surface area contributed by atoms with Crippen molar-refractivity contribution >= 4 is 11.6 Å². The molecule has 0 saturated carbocycles. The van der Waals surface area contributed by atoms with E-state index in [1.807, 2.05) is 0 Å². The first-order chi connectivity index (χ1) is 18.4. The lowest BCUT2D eigenvalue weighted by Crippen LogP contribution is -2.37. The van der Waals surface area contributed by atoms with Gasteiger partial charge < -0.3 is 25.4 Å². The predicted molar refractivity (Wildman–Crippen MR) is 139 cm³/mol. The summed E-state index contributed by atoms with van der Waals surface area (Å²) in [5, 5.41) is 20.3. The summed E-state index contributed by atoms with van der Waals surface area (Å²) in [4.78, 5) is 18.4. The van der Waals surface area contributed by atoms with Crippen LogP contribution in [0, 0.1) is 18.6 Å². The fraction of sp³-hybridized carbons (Fsp3) is 0.444. The van der Waals surface area contributed by atoms with E-state index in [0.29, 0.717) is 26.1 Å². The molecule has 1 amide bonds. The van der Waals surface area contributed by atoms with E-state index >= 15 is 0 Å². The number of aliphatic hydroxyl groups excluding tert-OH is 1.